The first kappa shape index (κ1) is 21.1. The summed E-state index contributed by atoms with van der Waals surface area (Å²) in [5.74, 6) is -0.300. The number of aryl methyl sites for hydroxylation is 3. The zero-order valence-electron chi connectivity index (χ0n) is 16.4. The van der Waals surface area contributed by atoms with Crippen molar-refractivity contribution in [3.63, 3.8) is 0 Å². The SMILES string of the molecule is Cc1ccc(NC(=O)C(C)N(C)CC(=O)Nc2ccc(Br)cc2C)c(C)c1. The lowest BCUT2D eigenvalue weighted by molar-refractivity contribution is -0.122. The minimum atomic E-state index is -0.442. The molecule has 6 heteroatoms. The van der Waals surface area contributed by atoms with Gasteiger partial charge in [0.2, 0.25) is 11.8 Å². The molecule has 0 saturated heterocycles. The van der Waals surface area contributed by atoms with Crippen LogP contribution in [-0.2, 0) is 9.59 Å². The fraction of sp³-hybridized carbons (Fsp3) is 0.333. The van der Waals surface area contributed by atoms with Crippen LogP contribution in [0.2, 0.25) is 0 Å². The van der Waals surface area contributed by atoms with Crippen molar-refractivity contribution in [2.45, 2.75) is 33.7 Å². The minimum Gasteiger partial charge on any atom is -0.325 e. The van der Waals surface area contributed by atoms with Gasteiger partial charge in [0, 0.05) is 15.8 Å². The second kappa shape index (κ2) is 9.15. The average molecular weight is 432 g/mol. The normalized spacial score (nSPS) is 12.0. The Hall–Kier alpha value is -2.18. The van der Waals surface area contributed by atoms with E-state index in [1.165, 1.54) is 0 Å². The zero-order chi connectivity index (χ0) is 20.1. The zero-order valence-corrected chi connectivity index (χ0v) is 18.0. The van der Waals surface area contributed by atoms with Gasteiger partial charge in [-0.1, -0.05) is 33.6 Å². The van der Waals surface area contributed by atoms with E-state index in [0.717, 1.165) is 32.5 Å². The van der Waals surface area contributed by atoms with Crippen molar-refractivity contribution in [1.29, 1.82) is 0 Å². The summed E-state index contributed by atoms with van der Waals surface area (Å²) < 4.78 is 0.965. The number of hydrogen-bond donors (Lipinski definition) is 2. The van der Waals surface area contributed by atoms with Crippen LogP contribution in [-0.4, -0.2) is 36.3 Å². The molecule has 2 rings (SSSR count). The Morgan fingerprint density at radius 1 is 1.00 bits per heavy atom. The Morgan fingerprint density at radius 2 is 1.59 bits per heavy atom. The van der Waals surface area contributed by atoms with Crippen molar-refractivity contribution in [2.24, 2.45) is 0 Å². The van der Waals surface area contributed by atoms with Crippen LogP contribution in [0.25, 0.3) is 0 Å². The maximum absolute atomic E-state index is 12.5. The van der Waals surface area contributed by atoms with Crippen LogP contribution in [0.3, 0.4) is 0 Å². The third kappa shape index (κ3) is 5.91. The number of hydrogen-bond acceptors (Lipinski definition) is 3. The van der Waals surface area contributed by atoms with E-state index in [4.69, 9.17) is 0 Å². The Balaban J connectivity index is 1.94. The van der Waals surface area contributed by atoms with Gasteiger partial charge in [-0.15, -0.1) is 0 Å². The van der Waals surface area contributed by atoms with E-state index in [-0.39, 0.29) is 18.4 Å². The summed E-state index contributed by atoms with van der Waals surface area (Å²) >= 11 is 3.41. The molecule has 0 aliphatic heterocycles. The van der Waals surface area contributed by atoms with Crippen LogP contribution in [0.4, 0.5) is 11.4 Å². The van der Waals surface area contributed by atoms with Crippen molar-refractivity contribution in [2.75, 3.05) is 24.2 Å². The molecule has 0 aromatic heterocycles. The van der Waals surface area contributed by atoms with Gasteiger partial charge in [0.15, 0.2) is 0 Å². The highest BCUT2D eigenvalue weighted by molar-refractivity contribution is 9.10. The molecular formula is C21H26BrN3O2. The highest BCUT2D eigenvalue weighted by atomic mass is 79.9. The number of carbonyl (C=O) groups is 2. The van der Waals surface area contributed by atoms with Crippen LogP contribution >= 0.6 is 15.9 Å². The Bertz CT molecular complexity index is 851. The van der Waals surface area contributed by atoms with E-state index in [9.17, 15) is 9.59 Å². The second-order valence-corrected chi connectivity index (χ2v) is 7.82. The molecule has 2 amide bonds. The summed E-state index contributed by atoms with van der Waals surface area (Å²) in [6.07, 6.45) is 0. The summed E-state index contributed by atoms with van der Waals surface area (Å²) in [5.41, 5.74) is 4.70. The van der Waals surface area contributed by atoms with Crippen LogP contribution < -0.4 is 10.6 Å². The molecule has 0 radical (unpaired) electrons. The van der Waals surface area contributed by atoms with Crippen molar-refractivity contribution in [3.8, 4) is 0 Å². The molecule has 0 saturated carbocycles. The number of halogens is 1. The molecule has 27 heavy (non-hydrogen) atoms. The third-order valence-electron chi connectivity index (χ3n) is 4.54. The fourth-order valence-electron chi connectivity index (χ4n) is 2.71. The van der Waals surface area contributed by atoms with Gasteiger partial charge in [-0.3, -0.25) is 14.5 Å². The van der Waals surface area contributed by atoms with Gasteiger partial charge in [0.1, 0.15) is 0 Å². The Morgan fingerprint density at radius 3 is 2.22 bits per heavy atom. The number of benzene rings is 2. The standard InChI is InChI=1S/C21H26BrN3O2/c1-13-6-8-19(14(2)10-13)24-21(27)16(4)25(5)12-20(26)23-18-9-7-17(22)11-15(18)3/h6-11,16H,12H2,1-5H3,(H,23,26)(H,24,27). The van der Waals surface area contributed by atoms with Crippen molar-refractivity contribution >= 4 is 39.1 Å². The predicted molar refractivity (Wildman–Crippen MR) is 114 cm³/mol. The molecule has 0 bridgehead atoms. The molecule has 0 fully saturated rings. The number of nitrogens with zero attached hydrogens (tertiary/aromatic N) is 1. The molecule has 1 atom stereocenters. The highest BCUT2D eigenvalue weighted by Crippen LogP contribution is 2.20. The summed E-state index contributed by atoms with van der Waals surface area (Å²) in [4.78, 5) is 26.6. The molecule has 2 aromatic rings. The fourth-order valence-corrected chi connectivity index (χ4v) is 3.19. The van der Waals surface area contributed by atoms with Gasteiger partial charge < -0.3 is 10.6 Å². The first-order valence-electron chi connectivity index (χ1n) is 8.81. The maximum Gasteiger partial charge on any atom is 0.241 e. The summed E-state index contributed by atoms with van der Waals surface area (Å²) in [6.45, 7) is 7.82. The van der Waals surface area contributed by atoms with Gasteiger partial charge in [-0.05, 0) is 70.1 Å². The number of amides is 2. The van der Waals surface area contributed by atoms with Gasteiger partial charge in [0.25, 0.3) is 0 Å². The van der Waals surface area contributed by atoms with Crippen LogP contribution in [0.5, 0.6) is 0 Å². The van der Waals surface area contributed by atoms with E-state index < -0.39 is 6.04 Å². The third-order valence-corrected chi connectivity index (χ3v) is 5.03. The van der Waals surface area contributed by atoms with Gasteiger partial charge in [0.05, 0.1) is 12.6 Å². The van der Waals surface area contributed by atoms with E-state index >= 15 is 0 Å². The van der Waals surface area contributed by atoms with E-state index in [1.54, 1.807) is 18.9 Å². The number of likely N-dealkylation sites (N-methyl/N-ethyl adjacent to an activating group) is 1. The van der Waals surface area contributed by atoms with Gasteiger partial charge >= 0.3 is 0 Å². The molecule has 0 spiro atoms. The lowest BCUT2D eigenvalue weighted by atomic mass is 10.1. The molecular weight excluding hydrogens is 406 g/mol. The largest absolute Gasteiger partial charge is 0.325 e. The highest BCUT2D eigenvalue weighted by Gasteiger charge is 2.21. The molecule has 5 nitrogen and oxygen atoms in total. The van der Waals surface area contributed by atoms with Crippen molar-refractivity contribution in [1.82, 2.24) is 4.90 Å². The topological polar surface area (TPSA) is 61.4 Å². The van der Waals surface area contributed by atoms with Gasteiger partial charge in [-0.2, -0.15) is 0 Å². The van der Waals surface area contributed by atoms with Crippen LogP contribution in [0.15, 0.2) is 40.9 Å². The van der Waals surface area contributed by atoms with E-state index in [2.05, 4.69) is 26.6 Å². The molecule has 2 N–H and O–H groups in total. The smallest absolute Gasteiger partial charge is 0.241 e. The molecule has 0 aliphatic carbocycles. The molecule has 144 valence electrons. The lowest BCUT2D eigenvalue weighted by Gasteiger charge is -2.24. The monoisotopic (exact) mass is 431 g/mol. The second-order valence-electron chi connectivity index (χ2n) is 6.91. The Kier molecular flexibility index (Phi) is 7.16. The first-order chi connectivity index (χ1) is 12.7. The summed E-state index contributed by atoms with van der Waals surface area (Å²) in [5, 5.41) is 5.83. The number of anilines is 2. The summed E-state index contributed by atoms with van der Waals surface area (Å²) in [7, 11) is 1.76. The number of carbonyl (C=O) groups excluding carboxylic acids is 2. The maximum atomic E-state index is 12.5. The predicted octanol–water partition coefficient (Wildman–Crippen LogP) is 4.27. The number of nitrogens with one attached hydrogen (secondary N) is 2. The summed E-state index contributed by atoms with van der Waals surface area (Å²) in [6, 6.07) is 11.1. The minimum absolute atomic E-state index is 0.122. The lowest BCUT2D eigenvalue weighted by Crippen LogP contribution is -2.43. The average Bonchev–Trinajstić information content (AvgIpc) is 2.59. The Labute approximate surface area is 169 Å². The van der Waals surface area contributed by atoms with E-state index in [1.807, 2.05) is 57.2 Å². The first-order valence-corrected chi connectivity index (χ1v) is 9.61. The molecule has 2 aromatic carbocycles. The van der Waals surface area contributed by atoms with Gasteiger partial charge in [-0.25, -0.2) is 0 Å². The number of rotatable bonds is 6. The quantitative estimate of drug-likeness (QED) is 0.717. The van der Waals surface area contributed by atoms with Crippen molar-refractivity contribution in [3.05, 3.63) is 57.6 Å². The van der Waals surface area contributed by atoms with Crippen molar-refractivity contribution < 1.29 is 9.59 Å². The van der Waals surface area contributed by atoms with E-state index in [0.29, 0.717) is 0 Å². The van der Waals surface area contributed by atoms with Crippen LogP contribution in [0.1, 0.15) is 23.6 Å². The molecule has 1 unspecified atom stereocenters. The molecule has 0 aliphatic rings. The molecule has 0 heterocycles. The van der Waals surface area contributed by atoms with Crippen LogP contribution in [0, 0.1) is 20.8 Å².